The van der Waals surface area contributed by atoms with Gasteiger partial charge in [0.2, 0.25) is 0 Å². The Kier molecular flexibility index (Phi) is 3.82. The van der Waals surface area contributed by atoms with Crippen LogP contribution in [-0.4, -0.2) is 29.6 Å². The number of fused-ring (bicyclic) bond motifs is 1. The number of phenolic OH excluding ortho intramolecular Hbond substituents is 1. The molecule has 0 aliphatic heterocycles. The van der Waals surface area contributed by atoms with E-state index in [0.29, 0.717) is 10.9 Å². The normalized spacial score (nSPS) is 11.3. The number of carboxylic acid groups (broad SMARTS) is 1. The number of hydrogen-bond acceptors (Lipinski definition) is 5. The first kappa shape index (κ1) is 15.8. The molecule has 3 N–H and O–H groups in total. The molecular formula is C16H12N2O5S. The maximum absolute atomic E-state index is 12.5. The van der Waals surface area contributed by atoms with Gasteiger partial charge in [0.1, 0.15) is 5.75 Å². The molecule has 0 aliphatic rings. The number of aromatic nitrogens is 1. The first-order chi connectivity index (χ1) is 11.4. The van der Waals surface area contributed by atoms with E-state index in [9.17, 15) is 18.3 Å². The number of nitrogens with zero attached hydrogens (tertiary/aromatic N) is 1. The summed E-state index contributed by atoms with van der Waals surface area (Å²) < 4.78 is 27.2. The molecule has 0 spiro atoms. The van der Waals surface area contributed by atoms with E-state index < -0.39 is 21.7 Å². The van der Waals surface area contributed by atoms with E-state index >= 15 is 0 Å². The molecule has 0 atom stereocenters. The summed E-state index contributed by atoms with van der Waals surface area (Å²) in [7, 11) is -3.95. The molecule has 0 aliphatic carbocycles. The maximum Gasteiger partial charge on any atom is 0.335 e. The summed E-state index contributed by atoms with van der Waals surface area (Å²) in [5.41, 5.74) is 0.406. The Bertz CT molecular complexity index is 1050. The van der Waals surface area contributed by atoms with Crippen molar-refractivity contribution in [2.75, 3.05) is 4.72 Å². The van der Waals surface area contributed by atoms with E-state index in [2.05, 4.69) is 9.71 Å². The van der Waals surface area contributed by atoms with Gasteiger partial charge in [-0.15, -0.1) is 0 Å². The molecule has 0 unspecified atom stereocenters. The molecule has 2 aromatic carbocycles. The average molecular weight is 344 g/mol. The minimum absolute atomic E-state index is 0.00436. The number of rotatable bonds is 4. The smallest absolute Gasteiger partial charge is 0.335 e. The van der Waals surface area contributed by atoms with Gasteiger partial charge in [-0.3, -0.25) is 9.71 Å². The second-order valence-electron chi connectivity index (χ2n) is 5.00. The van der Waals surface area contributed by atoms with Crippen molar-refractivity contribution >= 4 is 32.6 Å². The highest BCUT2D eigenvalue weighted by Crippen LogP contribution is 2.27. The third kappa shape index (κ3) is 2.99. The number of anilines is 1. The molecule has 0 saturated heterocycles. The number of carbonyl (C=O) groups is 1. The molecular weight excluding hydrogens is 332 g/mol. The van der Waals surface area contributed by atoms with Gasteiger partial charge in [-0.2, -0.15) is 0 Å². The van der Waals surface area contributed by atoms with Gasteiger partial charge >= 0.3 is 5.97 Å². The predicted molar refractivity (Wildman–Crippen MR) is 87.6 cm³/mol. The molecule has 0 radical (unpaired) electrons. The van der Waals surface area contributed by atoms with Crippen LogP contribution in [0.2, 0.25) is 0 Å². The Morgan fingerprint density at radius 1 is 1.08 bits per heavy atom. The minimum Gasteiger partial charge on any atom is -0.506 e. The number of phenols is 1. The van der Waals surface area contributed by atoms with Gasteiger partial charge in [0.15, 0.2) is 0 Å². The summed E-state index contributed by atoms with van der Waals surface area (Å²) in [6.07, 6.45) is 1.61. The standard InChI is InChI=1S/C16H12N2O5S/c19-15-9-11(16(20)21)3-5-14(15)18-24(22,23)12-4-6-13-10(8-12)2-1-7-17-13/h1-9,18-19H,(H,20,21). The van der Waals surface area contributed by atoms with Gasteiger partial charge in [-0.1, -0.05) is 6.07 Å². The summed E-state index contributed by atoms with van der Waals surface area (Å²) in [5, 5.41) is 19.3. The summed E-state index contributed by atoms with van der Waals surface area (Å²) in [6, 6.07) is 11.3. The van der Waals surface area contributed by atoms with Crippen molar-refractivity contribution in [2.24, 2.45) is 0 Å². The zero-order chi connectivity index (χ0) is 17.3. The van der Waals surface area contributed by atoms with E-state index in [4.69, 9.17) is 5.11 Å². The van der Waals surface area contributed by atoms with Crippen LogP contribution in [0.3, 0.4) is 0 Å². The number of aromatic carboxylic acids is 1. The number of carboxylic acids is 1. The van der Waals surface area contributed by atoms with E-state index in [0.717, 1.165) is 6.07 Å². The first-order valence-corrected chi connectivity index (χ1v) is 8.29. The van der Waals surface area contributed by atoms with E-state index in [1.807, 2.05) is 0 Å². The van der Waals surface area contributed by atoms with Crippen LogP contribution in [-0.2, 0) is 10.0 Å². The van der Waals surface area contributed by atoms with Crippen molar-refractivity contribution in [1.29, 1.82) is 0 Å². The van der Waals surface area contributed by atoms with Gasteiger partial charge < -0.3 is 10.2 Å². The first-order valence-electron chi connectivity index (χ1n) is 6.81. The molecule has 0 amide bonds. The summed E-state index contributed by atoms with van der Waals surface area (Å²) in [4.78, 5) is 15.0. The summed E-state index contributed by atoms with van der Waals surface area (Å²) >= 11 is 0. The lowest BCUT2D eigenvalue weighted by Gasteiger charge is -2.10. The highest BCUT2D eigenvalue weighted by Gasteiger charge is 2.17. The van der Waals surface area contributed by atoms with Crippen LogP contribution < -0.4 is 4.72 Å². The van der Waals surface area contributed by atoms with Gasteiger partial charge in [-0.25, -0.2) is 13.2 Å². The Morgan fingerprint density at radius 2 is 1.88 bits per heavy atom. The second kappa shape index (κ2) is 5.82. The zero-order valence-corrected chi connectivity index (χ0v) is 13.0. The number of nitrogens with one attached hydrogen (secondary N) is 1. The molecule has 1 heterocycles. The van der Waals surface area contributed by atoms with Crippen LogP contribution in [0.1, 0.15) is 10.4 Å². The number of sulfonamides is 1. The van der Waals surface area contributed by atoms with Gasteiger partial charge in [-0.05, 0) is 42.5 Å². The van der Waals surface area contributed by atoms with E-state index in [1.54, 1.807) is 24.4 Å². The van der Waals surface area contributed by atoms with Crippen LogP contribution in [0.4, 0.5) is 5.69 Å². The molecule has 122 valence electrons. The Morgan fingerprint density at radius 3 is 2.58 bits per heavy atom. The fourth-order valence-corrected chi connectivity index (χ4v) is 3.28. The quantitative estimate of drug-likeness (QED) is 0.626. The van der Waals surface area contributed by atoms with Crippen molar-refractivity contribution < 1.29 is 23.4 Å². The lowest BCUT2D eigenvalue weighted by atomic mass is 10.2. The van der Waals surface area contributed by atoms with Crippen molar-refractivity contribution in [3.05, 3.63) is 60.3 Å². The number of aromatic hydroxyl groups is 1. The molecule has 0 bridgehead atoms. The molecule has 1 aromatic heterocycles. The fraction of sp³-hybridized carbons (Fsp3) is 0. The third-order valence-corrected chi connectivity index (χ3v) is 4.74. The topological polar surface area (TPSA) is 117 Å². The fourth-order valence-electron chi connectivity index (χ4n) is 2.18. The SMILES string of the molecule is O=C(O)c1ccc(NS(=O)(=O)c2ccc3ncccc3c2)c(O)c1. The highest BCUT2D eigenvalue weighted by atomic mass is 32.2. The highest BCUT2D eigenvalue weighted by molar-refractivity contribution is 7.92. The van der Waals surface area contributed by atoms with E-state index in [1.165, 1.54) is 24.3 Å². The van der Waals surface area contributed by atoms with Crippen molar-refractivity contribution in [2.45, 2.75) is 4.90 Å². The molecule has 3 aromatic rings. The maximum atomic E-state index is 12.5. The van der Waals surface area contributed by atoms with Crippen LogP contribution in [0.15, 0.2) is 59.6 Å². The van der Waals surface area contributed by atoms with Gasteiger partial charge in [0.25, 0.3) is 10.0 Å². The Labute approximate surface area is 137 Å². The lowest BCUT2D eigenvalue weighted by molar-refractivity contribution is 0.0696. The largest absolute Gasteiger partial charge is 0.506 e. The van der Waals surface area contributed by atoms with Crippen molar-refractivity contribution in [3.8, 4) is 5.75 Å². The van der Waals surface area contributed by atoms with Crippen molar-refractivity contribution in [1.82, 2.24) is 4.98 Å². The molecule has 8 heteroatoms. The number of pyridine rings is 1. The Balaban J connectivity index is 1.97. The van der Waals surface area contributed by atoms with Crippen LogP contribution in [0, 0.1) is 0 Å². The minimum atomic E-state index is -3.95. The van der Waals surface area contributed by atoms with Gasteiger partial charge in [0.05, 0.1) is 21.7 Å². The number of hydrogen-bond donors (Lipinski definition) is 3. The molecule has 0 saturated carbocycles. The van der Waals surface area contributed by atoms with E-state index in [-0.39, 0.29) is 16.1 Å². The monoisotopic (exact) mass is 344 g/mol. The molecule has 7 nitrogen and oxygen atoms in total. The van der Waals surface area contributed by atoms with Crippen LogP contribution in [0.25, 0.3) is 10.9 Å². The molecule has 24 heavy (non-hydrogen) atoms. The predicted octanol–water partition coefficient (Wildman–Crippen LogP) is 2.44. The second-order valence-corrected chi connectivity index (χ2v) is 6.68. The average Bonchev–Trinajstić information content (AvgIpc) is 2.56. The third-order valence-electron chi connectivity index (χ3n) is 3.37. The van der Waals surface area contributed by atoms with Crippen molar-refractivity contribution in [3.63, 3.8) is 0 Å². The summed E-state index contributed by atoms with van der Waals surface area (Å²) in [5.74, 6) is -1.69. The molecule has 3 rings (SSSR count). The van der Waals surface area contributed by atoms with Gasteiger partial charge in [0, 0.05) is 11.6 Å². The molecule has 0 fully saturated rings. The lowest BCUT2D eigenvalue weighted by Crippen LogP contribution is -2.13. The number of benzene rings is 2. The Hall–Kier alpha value is -3.13. The van der Waals surface area contributed by atoms with Crippen LogP contribution in [0.5, 0.6) is 5.75 Å². The van der Waals surface area contributed by atoms with Crippen LogP contribution >= 0.6 is 0 Å². The zero-order valence-electron chi connectivity index (χ0n) is 12.2. The summed E-state index contributed by atoms with van der Waals surface area (Å²) in [6.45, 7) is 0.